The molecule has 51 heavy (non-hydrogen) atoms. The lowest BCUT2D eigenvalue weighted by molar-refractivity contribution is 1.18. The van der Waals surface area contributed by atoms with Gasteiger partial charge in [0.2, 0.25) is 0 Å². The number of para-hydroxylation sites is 3. The molecule has 10 aromatic rings. The van der Waals surface area contributed by atoms with Crippen molar-refractivity contribution in [3.8, 4) is 27.9 Å². The van der Waals surface area contributed by atoms with Crippen molar-refractivity contribution in [1.82, 2.24) is 4.57 Å². The quantitative estimate of drug-likeness (QED) is 0.168. The minimum atomic E-state index is -1.28. The van der Waals surface area contributed by atoms with Crippen LogP contribution >= 0.6 is 11.3 Å². The predicted octanol–water partition coefficient (Wildman–Crippen LogP) is 14.0. The molecule has 0 fully saturated rings. The number of rotatable bonds is 6. The Labute approximate surface area is 345 Å². The standard InChI is InChI=1S/C48H32N2S/c1-3-13-33(14-4-1)34-23-27-37(28-24-34)49(36-15-5-2-6-16-36)45-32-31-42-41-19-9-12-22-46(41)51-48(42)47(45)35-25-29-38(30-26-35)50-43-20-10-7-17-39(43)40-18-8-11-21-44(40)50/h1-32H/i1D,2D,3D,4D,5D,6D,7D,8D,9D,10D,11D,12D,13D,14D,15D,16D,17D,18D,19D,20D,21D,22D,23D,24D,25D,26D,27D,28D,29D,30D,31D,32D. The maximum atomic E-state index is 9.96. The third-order valence-electron chi connectivity index (χ3n) is 7.74. The minimum Gasteiger partial charge on any atom is -0.310 e. The molecule has 8 aromatic carbocycles. The van der Waals surface area contributed by atoms with Gasteiger partial charge in [0.05, 0.1) is 60.6 Å². The maximum absolute atomic E-state index is 9.96. The van der Waals surface area contributed by atoms with Crippen LogP contribution in [0.1, 0.15) is 43.9 Å². The molecule has 0 radical (unpaired) electrons. The van der Waals surface area contributed by atoms with Gasteiger partial charge in [0.1, 0.15) is 0 Å². The number of aromatic nitrogens is 1. The molecular weight excluding hydrogens is 637 g/mol. The summed E-state index contributed by atoms with van der Waals surface area (Å²) in [6, 6.07) is -32.6. The van der Waals surface area contributed by atoms with Gasteiger partial charge in [0, 0.05) is 53.6 Å². The van der Waals surface area contributed by atoms with E-state index in [1.165, 1.54) is 0 Å². The van der Waals surface area contributed by atoms with E-state index in [4.69, 9.17) is 27.4 Å². The number of benzene rings is 8. The summed E-state index contributed by atoms with van der Waals surface area (Å²) in [7, 11) is 0. The molecule has 0 N–H and O–H groups in total. The highest BCUT2D eigenvalue weighted by Crippen LogP contribution is 2.48. The van der Waals surface area contributed by atoms with Crippen molar-refractivity contribution in [2.24, 2.45) is 0 Å². The van der Waals surface area contributed by atoms with Gasteiger partial charge in [-0.05, 0) is 77.1 Å². The van der Waals surface area contributed by atoms with E-state index in [1.54, 1.807) is 0 Å². The zero-order valence-electron chi connectivity index (χ0n) is 57.3. The van der Waals surface area contributed by atoms with Gasteiger partial charge >= 0.3 is 0 Å². The Hall–Kier alpha value is -6.42. The van der Waals surface area contributed by atoms with Gasteiger partial charge < -0.3 is 9.47 Å². The molecule has 240 valence electrons. The van der Waals surface area contributed by atoms with E-state index in [-0.39, 0.29) is 4.70 Å². The average Bonchev–Trinajstić information content (AvgIpc) is 1.74. The first-order chi connectivity index (χ1) is 38.6. The second-order valence-corrected chi connectivity index (χ2v) is 11.5. The highest BCUT2D eigenvalue weighted by molar-refractivity contribution is 7.26. The summed E-state index contributed by atoms with van der Waals surface area (Å²) in [5.41, 5.74) is -9.13. The summed E-state index contributed by atoms with van der Waals surface area (Å²) in [6.07, 6.45) is 0. The number of fused-ring (bicyclic) bond motifs is 6. The Kier molecular flexibility index (Phi) is 2.76. The van der Waals surface area contributed by atoms with Gasteiger partial charge in [-0.25, -0.2) is 0 Å². The molecule has 0 atom stereocenters. The van der Waals surface area contributed by atoms with Crippen molar-refractivity contribution in [2.75, 3.05) is 4.90 Å². The number of hydrogen-bond donors (Lipinski definition) is 0. The van der Waals surface area contributed by atoms with Gasteiger partial charge in [0.25, 0.3) is 0 Å². The Balaban J connectivity index is 1.48. The van der Waals surface area contributed by atoms with Crippen molar-refractivity contribution in [3.63, 3.8) is 0 Å². The smallest absolute Gasteiger partial charge is 0.0645 e. The topological polar surface area (TPSA) is 8.17 Å². The van der Waals surface area contributed by atoms with Crippen molar-refractivity contribution in [1.29, 1.82) is 0 Å². The van der Waals surface area contributed by atoms with Crippen molar-refractivity contribution >= 4 is 70.4 Å². The second kappa shape index (κ2) is 12.2. The summed E-state index contributed by atoms with van der Waals surface area (Å²) in [6.45, 7) is 0. The van der Waals surface area contributed by atoms with Gasteiger partial charge in [-0.1, -0.05) is 133 Å². The van der Waals surface area contributed by atoms with E-state index in [0.29, 0.717) is 20.8 Å². The van der Waals surface area contributed by atoms with Crippen LogP contribution in [0.5, 0.6) is 0 Å². The molecule has 0 aliphatic heterocycles. The molecule has 0 saturated heterocycles. The number of hydrogen-bond acceptors (Lipinski definition) is 2. The average molecular weight is 701 g/mol. The molecule has 2 heterocycles. The van der Waals surface area contributed by atoms with E-state index < -0.39 is 276 Å². The summed E-state index contributed by atoms with van der Waals surface area (Å²) in [5.74, 6) is 0. The summed E-state index contributed by atoms with van der Waals surface area (Å²) in [5, 5.41) is -2.02. The van der Waals surface area contributed by atoms with Crippen LogP contribution in [0, 0.1) is 0 Å². The van der Waals surface area contributed by atoms with Crippen LogP contribution < -0.4 is 4.90 Å². The molecule has 0 aliphatic carbocycles. The van der Waals surface area contributed by atoms with Crippen LogP contribution in [0.3, 0.4) is 0 Å². The molecular formula is C48H32N2S. The molecule has 0 unspecified atom stereocenters. The third-order valence-corrected chi connectivity index (χ3v) is 8.86. The van der Waals surface area contributed by atoms with E-state index in [9.17, 15) is 16.4 Å². The number of thiophene rings is 1. The molecule has 2 aromatic heterocycles. The second-order valence-electron chi connectivity index (χ2n) is 10.5. The van der Waals surface area contributed by atoms with Crippen LogP contribution in [-0.4, -0.2) is 4.57 Å². The number of nitrogens with zero attached hydrogens (tertiary/aromatic N) is 2. The molecule has 0 aliphatic rings. The lowest BCUT2D eigenvalue weighted by Crippen LogP contribution is -2.11. The van der Waals surface area contributed by atoms with E-state index >= 15 is 0 Å². The summed E-state index contributed by atoms with van der Waals surface area (Å²) >= 11 is 0.416. The zero-order chi connectivity index (χ0) is 61.6. The third kappa shape index (κ3) is 4.93. The molecule has 2 nitrogen and oxygen atoms in total. The summed E-state index contributed by atoms with van der Waals surface area (Å²) in [4.78, 5) is 0.390. The Morgan fingerprint density at radius 2 is 0.941 bits per heavy atom. The van der Waals surface area contributed by atoms with E-state index in [2.05, 4.69) is 0 Å². The Morgan fingerprint density at radius 3 is 1.63 bits per heavy atom. The normalized spacial score (nSPS) is 20.3. The molecule has 3 heteroatoms. The van der Waals surface area contributed by atoms with Crippen LogP contribution in [0.4, 0.5) is 17.1 Å². The fraction of sp³-hybridized carbons (Fsp3) is 0. The lowest BCUT2D eigenvalue weighted by Gasteiger charge is -2.28. The SMILES string of the molecule is [2H]c1c([2H])c([2H])c(-c2c([2H])c([2H])c(N(c3c([2H])c([2H])c([2H])c([2H])c3[2H])c3c([2H])c([2H])c4c(sc5c([2H])c([2H])c([2H])c([2H])c54)c3-c3c([2H])c([2H])c(-n4c5c([2H])c([2H])c([2H])c([2H])c5c5c([2H])c([2H])c([2H])c([2H])c54)c([2H])c3[2H])c([2H])c2[2H])c([2H])c1[2H]. The van der Waals surface area contributed by atoms with Crippen LogP contribution in [-0.2, 0) is 0 Å². The fourth-order valence-electron chi connectivity index (χ4n) is 5.60. The first kappa shape index (κ1) is 11.6. The fourth-order valence-corrected chi connectivity index (χ4v) is 6.72. The highest BCUT2D eigenvalue weighted by atomic mass is 32.1. The van der Waals surface area contributed by atoms with Crippen molar-refractivity contribution in [2.45, 2.75) is 0 Å². The first-order valence-electron chi connectivity index (χ1n) is 30.7. The minimum absolute atomic E-state index is 0.348. The van der Waals surface area contributed by atoms with Gasteiger partial charge in [-0.3, -0.25) is 0 Å². The van der Waals surface area contributed by atoms with Crippen LogP contribution in [0.25, 0.3) is 69.9 Å². The van der Waals surface area contributed by atoms with E-state index in [1.807, 2.05) is 0 Å². The lowest BCUT2D eigenvalue weighted by atomic mass is 9.98. The van der Waals surface area contributed by atoms with Gasteiger partial charge in [-0.15, -0.1) is 11.3 Å². The van der Waals surface area contributed by atoms with Crippen LogP contribution in [0.15, 0.2) is 193 Å². The first-order valence-corrected chi connectivity index (χ1v) is 15.6. The Bertz CT molecular complexity index is 4520. The van der Waals surface area contributed by atoms with Crippen molar-refractivity contribution in [3.05, 3.63) is 193 Å². The van der Waals surface area contributed by atoms with Gasteiger partial charge in [-0.2, -0.15) is 0 Å². The van der Waals surface area contributed by atoms with Crippen LogP contribution in [0.2, 0.25) is 0 Å². The monoisotopic (exact) mass is 700 g/mol. The maximum Gasteiger partial charge on any atom is 0.0645 e. The van der Waals surface area contributed by atoms with Crippen molar-refractivity contribution < 1.29 is 43.9 Å². The zero-order valence-corrected chi connectivity index (χ0v) is 26.1. The molecule has 0 bridgehead atoms. The van der Waals surface area contributed by atoms with E-state index in [0.717, 1.165) is 0 Å². The predicted molar refractivity (Wildman–Crippen MR) is 219 cm³/mol. The number of anilines is 3. The Morgan fingerprint density at radius 1 is 0.412 bits per heavy atom. The highest BCUT2D eigenvalue weighted by Gasteiger charge is 2.22. The molecule has 0 spiro atoms. The largest absolute Gasteiger partial charge is 0.310 e. The van der Waals surface area contributed by atoms with Gasteiger partial charge in [0.15, 0.2) is 0 Å². The molecule has 10 rings (SSSR count). The molecule has 0 saturated carbocycles. The summed E-state index contributed by atoms with van der Waals surface area (Å²) < 4.78 is 289. The molecule has 0 amide bonds.